The second kappa shape index (κ2) is 12.5. The first-order valence-corrected chi connectivity index (χ1v) is 12.1. The molecule has 1 aromatic heterocycles. The van der Waals surface area contributed by atoms with Crippen LogP contribution in [0, 0.1) is 0 Å². The summed E-state index contributed by atoms with van der Waals surface area (Å²) in [6, 6.07) is 15.9. The van der Waals surface area contributed by atoms with Crippen molar-refractivity contribution in [1.82, 2.24) is 25.5 Å². The van der Waals surface area contributed by atoms with Crippen molar-refractivity contribution in [3.63, 3.8) is 0 Å². The third-order valence-electron chi connectivity index (χ3n) is 5.68. The third-order valence-corrected chi connectivity index (χ3v) is 5.92. The Bertz CT molecular complexity index is 1590. The molecular formula is C27H22ClN7O5. The number of hydrogen-bond donors (Lipinski definition) is 4. The highest BCUT2D eigenvalue weighted by atomic mass is 35.5. The number of benzene rings is 3. The van der Waals surface area contributed by atoms with Crippen LogP contribution < -0.4 is 16.4 Å². The van der Waals surface area contributed by atoms with Crippen molar-refractivity contribution in [3.05, 3.63) is 106 Å². The molecule has 0 aliphatic rings. The van der Waals surface area contributed by atoms with Crippen LogP contribution in [-0.2, 0) is 16.0 Å². The number of nitrogens with two attached hydrogens (primary N) is 1. The van der Waals surface area contributed by atoms with Crippen LogP contribution in [0.5, 0.6) is 0 Å². The lowest BCUT2D eigenvalue weighted by molar-refractivity contribution is -0.123. The first kappa shape index (κ1) is 27.7. The van der Waals surface area contributed by atoms with E-state index in [1.807, 2.05) is 0 Å². The molecular weight excluding hydrogens is 538 g/mol. The van der Waals surface area contributed by atoms with Crippen LogP contribution in [0.2, 0.25) is 5.02 Å². The molecule has 202 valence electrons. The molecule has 3 aromatic carbocycles. The fourth-order valence-corrected chi connectivity index (χ4v) is 3.93. The molecule has 0 bridgehead atoms. The average molecular weight is 560 g/mol. The average Bonchev–Trinajstić information content (AvgIpc) is 3.47. The molecule has 0 fully saturated rings. The highest BCUT2D eigenvalue weighted by Gasteiger charge is 2.21. The predicted molar refractivity (Wildman–Crippen MR) is 146 cm³/mol. The van der Waals surface area contributed by atoms with Gasteiger partial charge in [0.2, 0.25) is 17.7 Å². The number of primary amides is 1. The van der Waals surface area contributed by atoms with Gasteiger partial charge in [0.15, 0.2) is 0 Å². The van der Waals surface area contributed by atoms with Gasteiger partial charge in [-0.15, -0.1) is 5.10 Å². The van der Waals surface area contributed by atoms with Crippen molar-refractivity contribution in [2.24, 2.45) is 5.73 Å². The fourth-order valence-electron chi connectivity index (χ4n) is 3.75. The van der Waals surface area contributed by atoms with Crippen LogP contribution >= 0.6 is 11.6 Å². The third kappa shape index (κ3) is 7.14. The summed E-state index contributed by atoms with van der Waals surface area (Å²) in [7, 11) is 0. The standard InChI is InChI=1S/C27H22ClN7O5/c28-20-7-10-23(35-15-30-33-34-35)18(14-20)6-11-24(36)32-22(13-16-2-1-3-19(12-16)25(29)37)26(38)31-21-8-4-17(5-9-21)27(39)40/h1-12,14-15,22H,13H2,(H2,29,37)(H,31,38)(H,32,36)(H,39,40). The highest BCUT2D eigenvalue weighted by molar-refractivity contribution is 6.30. The van der Waals surface area contributed by atoms with Crippen molar-refractivity contribution in [1.29, 1.82) is 0 Å². The number of carbonyl (C=O) groups is 4. The Hall–Kier alpha value is -5.36. The summed E-state index contributed by atoms with van der Waals surface area (Å²) >= 11 is 6.14. The van der Waals surface area contributed by atoms with Crippen LogP contribution in [0.1, 0.15) is 31.8 Å². The van der Waals surface area contributed by atoms with Gasteiger partial charge in [0, 0.05) is 34.3 Å². The minimum absolute atomic E-state index is 0.0345. The summed E-state index contributed by atoms with van der Waals surface area (Å²) in [5.74, 6) is -2.89. The van der Waals surface area contributed by atoms with Gasteiger partial charge in [0.25, 0.3) is 0 Å². The van der Waals surface area contributed by atoms with Crippen molar-refractivity contribution in [3.8, 4) is 5.69 Å². The Labute approximate surface area is 232 Å². The maximum absolute atomic E-state index is 13.2. The highest BCUT2D eigenvalue weighted by Crippen LogP contribution is 2.20. The molecule has 1 unspecified atom stereocenters. The first-order chi connectivity index (χ1) is 19.2. The Balaban J connectivity index is 1.56. The number of aromatic nitrogens is 4. The van der Waals surface area contributed by atoms with Crippen LogP contribution in [0.4, 0.5) is 5.69 Å². The maximum atomic E-state index is 13.2. The number of nitrogens with one attached hydrogen (secondary N) is 2. The van der Waals surface area contributed by atoms with E-state index in [0.717, 1.165) is 0 Å². The van der Waals surface area contributed by atoms with Gasteiger partial charge in [-0.25, -0.2) is 4.79 Å². The Kier molecular flexibility index (Phi) is 8.62. The maximum Gasteiger partial charge on any atom is 0.335 e. The molecule has 0 saturated carbocycles. The molecule has 0 saturated heterocycles. The number of carbonyl (C=O) groups excluding carboxylic acids is 3. The Morgan fingerprint density at radius 3 is 2.48 bits per heavy atom. The second-order valence-electron chi connectivity index (χ2n) is 8.49. The SMILES string of the molecule is NC(=O)c1cccc(CC(NC(=O)C=Cc2cc(Cl)ccc2-n2cnnn2)C(=O)Nc2ccc(C(=O)O)cc2)c1. The molecule has 1 atom stereocenters. The van der Waals surface area contributed by atoms with Gasteiger partial charge in [-0.05, 0) is 76.7 Å². The van der Waals surface area contributed by atoms with Crippen LogP contribution in [0.25, 0.3) is 11.8 Å². The van der Waals surface area contributed by atoms with E-state index in [-0.39, 0.29) is 17.5 Å². The van der Waals surface area contributed by atoms with Gasteiger partial charge in [0.05, 0.1) is 11.3 Å². The lowest BCUT2D eigenvalue weighted by atomic mass is 10.0. The largest absolute Gasteiger partial charge is 0.478 e. The molecule has 1 heterocycles. The number of anilines is 1. The zero-order chi connectivity index (χ0) is 28.6. The molecule has 4 aromatic rings. The number of carboxylic acids is 1. The molecule has 3 amide bonds. The van der Waals surface area contributed by atoms with E-state index in [0.29, 0.717) is 27.5 Å². The fraction of sp³-hybridized carbons (Fsp3) is 0.0741. The summed E-state index contributed by atoms with van der Waals surface area (Å²) in [5.41, 5.74) is 7.72. The summed E-state index contributed by atoms with van der Waals surface area (Å²) in [6.07, 6.45) is 4.17. The number of carboxylic acid groups (broad SMARTS) is 1. The zero-order valence-electron chi connectivity index (χ0n) is 20.7. The number of hydrogen-bond acceptors (Lipinski definition) is 7. The van der Waals surface area contributed by atoms with Crippen LogP contribution in [0.3, 0.4) is 0 Å². The van der Waals surface area contributed by atoms with E-state index < -0.39 is 29.7 Å². The van der Waals surface area contributed by atoms with Crippen LogP contribution in [0.15, 0.2) is 79.1 Å². The van der Waals surface area contributed by atoms with Crippen molar-refractivity contribution in [2.45, 2.75) is 12.5 Å². The Morgan fingerprint density at radius 1 is 1.02 bits per heavy atom. The number of nitrogens with zero attached hydrogens (tertiary/aromatic N) is 4. The van der Waals surface area contributed by atoms with E-state index in [9.17, 15) is 19.2 Å². The van der Waals surface area contributed by atoms with E-state index >= 15 is 0 Å². The first-order valence-electron chi connectivity index (χ1n) is 11.7. The van der Waals surface area contributed by atoms with Crippen molar-refractivity contribution in [2.75, 3.05) is 5.32 Å². The Morgan fingerprint density at radius 2 is 1.80 bits per heavy atom. The predicted octanol–water partition coefficient (Wildman–Crippen LogP) is 2.49. The number of tetrazole rings is 1. The van der Waals surface area contributed by atoms with Gasteiger partial charge in [-0.3, -0.25) is 14.4 Å². The number of halogens is 1. The normalized spacial score (nSPS) is 11.6. The van der Waals surface area contributed by atoms with Gasteiger partial charge >= 0.3 is 5.97 Å². The second-order valence-corrected chi connectivity index (χ2v) is 8.93. The van der Waals surface area contributed by atoms with Crippen molar-refractivity contribution < 1.29 is 24.3 Å². The van der Waals surface area contributed by atoms with Gasteiger partial charge in [-0.2, -0.15) is 4.68 Å². The molecule has 12 nitrogen and oxygen atoms in total. The minimum Gasteiger partial charge on any atom is -0.478 e. The summed E-state index contributed by atoms with van der Waals surface area (Å²) in [5, 5.41) is 26.0. The lowest BCUT2D eigenvalue weighted by Crippen LogP contribution is -2.44. The molecule has 0 aliphatic carbocycles. The molecule has 13 heteroatoms. The molecule has 0 aliphatic heterocycles. The minimum atomic E-state index is -1.10. The molecule has 40 heavy (non-hydrogen) atoms. The van der Waals surface area contributed by atoms with E-state index in [2.05, 4.69) is 26.2 Å². The lowest BCUT2D eigenvalue weighted by Gasteiger charge is -2.18. The summed E-state index contributed by atoms with van der Waals surface area (Å²) in [4.78, 5) is 48.9. The van der Waals surface area contributed by atoms with E-state index in [1.165, 1.54) is 53.5 Å². The summed E-state index contributed by atoms with van der Waals surface area (Å²) in [6.45, 7) is 0. The van der Waals surface area contributed by atoms with E-state index in [1.54, 1.807) is 36.4 Å². The van der Waals surface area contributed by atoms with Gasteiger partial charge in [-0.1, -0.05) is 23.7 Å². The van der Waals surface area contributed by atoms with Crippen LogP contribution in [-0.4, -0.2) is 55.0 Å². The number of aromatic carboxylic acids is 1. The smallest absolute Gasteiger partial charge is 0.335 e. The summed E-state index contributed by atoms with van der Waals surface area (Å²) < 4.78 is 1.41. The van der Waals surface area contributed by atoms with Gasteiger partial charge < -0.3 is 21.5 Å². The number of rotatable bonds is 10. The topological polar surface area (TPSA) is 182 Å². The molecule has 4 rings (SSSR count). The van der Waals surface area contributed by atoms with Crippen molar-refractivity contribution >= 4 is 47.1 Å². The monoisotopic (exact) mass is 559 g/mol. The van der Waals surface area contributed by atoms with Gasteiger partial charge in [0.1, 0.15) is 12.4 Å². The number of amides is 3. The molecule has 0 spiro atoms. The van der Waals surface area contributed by atoms with E-state index in [4.69, 9.17) is 22.4 Å². The molecule has 0 radical (unpaired) electrons. The molecule has 5 N–H and O–H groups in total. The quantitative estimate of drug-likeness (QED) is 0.214. The zero-order valence-corrected chi connectivity index (χ0v) is 21.4.